The Labute approximate surface area is 129 Å². The molecule has 0 bridgehead atoms. The van der Waals surface area contributed by atoms with Crippen molar-refractivity contribution in [2.45, 2.75) is 71.6 Å². The van der Waals surface area contributed by atoms with Crippen LogP contribution in [-0.4, -0.2) is 5.78 Å². The van der Waals surface area contributed by atoms with E-state index in [1.54, 1.807) is 0 Å². The average molecular weight is 286 g/mol. The van der Waals surface area contributed by atoms with E-state index in [-0.39, 0.29) is 5.41 Å². The van der Waals surface area contributed by atoms with Gasteiger partial charge in [-0.25, -0.2) is 0 Å². The second-order valence-electron chi connectivity index (χ2n) is 8.96. The number of Topliss-reactive ketones (excluding diaryl/α,β-unsaturated/α-hetero) is 1. The van der Waals surface area contributed by atoms with Gasteiger partial charge in [0.2, 0.25) is 0 Å². The first-order valence-electron chi connectivity index (χ1n) is 9.18. The van der Waals surface area contributed by atoms with Crippen molar-refractivity contribution in [3.8, 4) is 0 Å². The number of hydrogen-bond acceptors (Lipinski definition) is 1. The minimum absolute atomic E-state index is 0.0132. The molecule has 1 heteroatoms. The molecule has 0 aliphatic heterocycles. The van der Waals surface area contributed by atoms with Crippen LogP contribution in [-0.2, 0) is 4.79 Å². The van der Waals surface area contributed by atoms with Gasteiger partial charge in [-0.05, 0) is 67.6 Å². The molecule has 0 spiro atoms. The summed E-state index contributed by atoms with van der Waals surface area (Å²) in [6, 6.07) is 0. The quantitative estimate of drug-likeness (QED) is 0.562. The van der Waals surface area contributed by atoms with Crippen LogP contribution >= 0.6 is 0 Å². The summed E-state index contributed by atoms with van der Waals surface area (Å²) >= 11 is 0. The van der Waals surface area contributed by atoms with Crippen LogP contribution in [0.15, 0.2) is 12.2 Å². The van der Waals surface area contributed by atoms with Crippen LogP contribution in [0.3, 0.4) is 0 Å². The number of ketones is 1. The highest BCUT2D eigenvalue weighted by atomic mass is 16.1. The average Bonchev–Trinajstić information content (AvgIpc) is 2.75. The summed E-state index contributed by atoms with van der Waals surface area (Å²) in [6.07, 6.45) is 11.3. The molecule has 1 nitrogen and oxygen atoms in total. The molecule has 4 saturated carbocycles. The van der Waals surface area contributed by atoms with Gasteiger partial charge in [0, 0.05) is 11.8 Å². The smallest absolute Gasteiger partial charge is 0.139 e. The summed E-state index contributed by atoms with van der Waals surface area (Å²) in [5.41, 5.74) is 2.03. The predicted octanol–water partition coefficient (Wildman–Crippen LogP) is 5.15. The van der Waals surface area contributed by atoms with E-state index >= 15 is 0 Å². The van der Waals surface area contributed by atoms with E-state index in [2.05, 4.69) is 20.4 Å². The third-order valence-corrected chi connectivity index (χ3v) is 8.24. The monoisotopic (exact) mass is 286 g/mol. The summed E-state index contributed by atoms with van der Waals surface area (Å²) in [4.78, 5) is 12.4. The number of fused-ring (bicyclic) bond motifs is 5. The molecule has 116 valence electrons. The van der Waals surface area contributed by atoms with Crippen molar-refractivity contribution in [2.75, 3.05) is 0 Å². The van der Waals surface area contributed by atoms with Crippen LogP contribution in [0.25, 0.3) is 0 Å². The molecule has 0 saturated heterocycles. The summed E-state index contributed by atoms with van der Waals surface area (Å²) in [7, 11) is 0. The van der Waals surface area contributed by atoms with Crippen molar-refractivity contribution in [3.05, 3.63) is 12.2 Å². The molecule has 0 radical (unpaired) electrons. The highest BCUT2D eigenvalue weighted by Crippen LogP contribution is 2.66. The van der Waals surface area contributed by atoms with Crippen molar-refractivity contribution in [1.29, 1.82) is 0 Å². The van der Waals surface area contributed by atoms with E-state index in [4.69, 9.17) is 0 Å². The largest absolute Gasteiger partial charge is 0.299 e. The molecule has 4 fully saturated rings. The van der Waals surface area contributed by atoms with Crippen LogP contribution in [0.1, 0.15) is 71.6 Å². The highest BCUT2D eigenvalue weighted by Gasteiger charge is 2.60. The number of allylic oxidation sites excluding steroid dienone is 1. The fourth-order valence-corrected chi connectivity index (χ4v) is 7.08. The second-order valence-corrected chi connectivity index (χ2v) is 8.96. The zero-order valence-electron chi connectivity index (χ0n) is 13.8. The first-order valence-corrected chi connectivity index (χ1v) is 9.18. The Balaban J connectivity index is 1.71. The fourth-order valence-electron chi connectivity index (χ4n) is 7.08. The summed E-state index contributed by atoms with van der Waals surface area (Å²) < 4.78 is 0. The van der Waals surface area contributed by atoms with Crippen LogP contribution < -0.4 is 0 Å². The van der Waals surface area contributed by atoms with E-state index in [9.17, 15) is 4.79 Å². The summed E-state index contributed by atoms with van der Waals surface area (Å²) in [6.45, 7) is 9.35. The lowest BCUT2D eigenvalue weighted by Gasteiger charge is -2.60. The molecule has 21 heavy (non-hydrogen) atoms. The van der Waals surface area contributed by atoms with Crippen molar-refractivity contribution in [2.24, 2.45) is 34.5 Å². The highest BCUT2D eigenvalue weighted by molar-refractivity contribution is 5.87. The van der Waals surface area contributed by atoms with Crippen LogP contribution in [0.5, 0.6) is 0 Å². The SMILES string of the molecule is C=C1CC2C(CC[C@]3(C)C(=O)CCC23)C2(C)CCCCC12. The third-order valence-electron chi connectivity index (χ3n) is 8.24. The number of carbonyl (C=O) groups excluding carboxylic acids is 1. The van der Waals surface area contributed by atoms with Crippen molar-refractivity contribution < 1.29 is 4.79 Å². The lowest BCUT2D eigenvalue weighted by atomic mass is 9.44. The Kier molecular flexibility index (Phi) is 2.98. The van der Waals surface area contributed by atoms with Gasteiger partial charge in [0.15, 0.2) is 0 Å². The maximum atomic E-state index is 12.4. The molecular weight excluding hydrogens is 256 g/mol. The Morgan fingerprint density at radius 1 is 1.05 bits per heavy atom. The van der Waals surface area contributed by atoms with Gasteiger partial charge in [-0.1, -0.05) is 38.8 Å². The van der Waals surface area contributed by atoms with Gasteiger partial charge in [0.25, 0.3) is 0 Å². The maximum absolute atomic E-state index is 12.4. The second kappa shape index (κ2) is 4.46. The molecular formula is C20H30O. The lowest BCUT2D eigenvalue weighted by molar-refractivity contribution is -0.135. The topological polar surface area (TPSA) is 17.1 Å². The third kappa shape index (κ3) is 1.72. The van der Waals surface area contributed by atoms with Crippen LogP contribution in [0.2, 0.25) is 0 Å². The van der Waals surface area contributed by atoms with Gasteiger partial charge < -0.3 is 0 Å². The molecule has 0 aromatic carbocycles. The summed E-state index contributed by atoms with van der Waals surface area (Å²) in [5.74, 6) is 3.60. The van der Waals surface area contributed by atoms with E-state index in [1.807, 2.05) is 0 Å². The minimum atomic E-state index is 0.0132. The van der Waals surface area contributed by atoms with Gasteiger partial charge >= 0.3 is 0 Å². The minimum Gasteiger partial charge on any atom is -0.299 e. The molecule has 0 aromatic heterocycles. The van der Waals surface area contributed by atoms with Gasteiger partial charge in [0.05, 0.1) is 0 Å². The number of hydrogen-bond donors (Lipinski definition) is 0. The molecule has 4 aliphatic rings. The van der Waals surface area contributed by atoms with Gasteiger partial charge in [-0.2, -0.15) is 0 Å². The predicted molar refractivity (Wildman–Crippen MR) is 85.9 cm³/mol. The number of rotatable bonds is 0. The van der Waals surface area contributed by atoms with E-state index in [1.165, 1.54) is 44.1 Å². The molecule has 4 rings (SSSR count). The van der Waals surface area contributed by atoms with E-state index in [0.717, 1.165) is 37.0 Å². The molecule has 0 heterocycles. The normalized spacial score (nSPS) is 53.0. The first-order chi connectivity index (χ1) is 9.97. The van der Waals surface area contributed by atoms with Crippen molar-refractivity contribution in [1.82, 2.24) is 0 Å². The number of carbonyl (C=O) groups is 1. The lowest BCUT2D eigenvalue weighted by Crippen LogP contribution is -2.53. The Bertz CT molecular complexity index is 492. The van der Waals surface area contributed by atoms with E-state index < -0.39 is 0 Å². The Morgan fingerprint density at radius 2 is 1.86 bits per heavy atom. The maximum Gasteiger partial charge on any atom is 0.139 e. The molecule has 0 N–H and O–H groups in total. The zero-order valence-corrected chi connectivity index (χ0v) is 13.8. The Morgan fingerprint density at radius 3 is 2.67 bits per heavy atom. The summed E-state index contributed by atoms with van der Waals surface area (Å²) in [5, 5.41) is 0. The molecule has 0 aromatic rings. The van der Waals surface area contributed by atoms with Crippen LogP contribution in [0.4, 0.5) is 0 Å². The molecule has 5 unspecified atom stereocenters. The van der Waals surface area contributed by atoms with E-state index in [0.29, 0.717) is 17.1 Å². The fraction of sp³-hybridized carbons (Fsp3) is 0.850. The molecule has 0 amide bonds. The van der Waals surface area contributed by atoms with Gasteiger partial charge in [-0.15, -0.1) is 0 Å². The molecule has 6 atom stereocenters. The van der Waals surface area contributed by atoms with Crippen molar-refractivity contribution >= 4 is 5.78 Å². The zero-order chi connectivity index (χ0) is 14.8. The standard InChI is InChI=1S/C20H30O/c1-13-12-14-16-7-8-18(21)20(16,3)11-9-17(14)19(2)10-5-4-6-15(13)19/h14-17H,1,4-12H2,2-3H3/t14?,15?,16?,17?,19?,20-/m0/s1. The Hall–Kier alpha value is -0.590. The van der Waals surface area contributed by atoms with Crippen molar-refractivity contribution in [3.63, 3.8) is 0 Å². The van der Waals surface area contributed by atoms with Gasteiger partial charge in [-0.3, -0.25) is 4.79 Å². The van der Waals surface area contributed by atoms with Gasteiger partial charge in [0.1, 0.15) is 5.78 Å². The molecule has 4 aliphatic carbocycles. The van der Waals surface area contributed by atoms with Crippen LogP contribution in [0, 0.1) is 34.5 Å². The first kappa shape index (κ1) is 14.0.